The van der Waals surface area contributed by atoms with Crippen LogP contribution in [0.25, 0.3) is 0 Å². The van der Waals surface area contributed by atoms with Crippen LogP contribution in [-0.2, 0) is 4.74 Å². The monoisotopic (exact) mass is 403 g/mol. The molecule has 0 radical (unpaired) electrons. The molecule has 0 spiro atoms. The van der Waals surface area contributed by atoms with E-state index < -0.39 is 5.60 Å². The fourth-order valence-corrected chi connectivity index (χ4v) is 3.95. The average molecular weight is 404 g/mol. The number of piperazine rings is 1. The highest BCUT2D eigenvalue weighted by molar-refractivity contribution is 5.68. The lowest BCUT2D eigenvalue weighted by Gasteiger charge is -2.35. The molecule has 0 aliphatic carbocycles. The van der Waals surface area contributed by atoms with Crippen LogP contribution in [0, 0.1) is 0 Å². The minimum atomic E-state index is -0.433. The van der Waals surface area contributed by atoms with E-state index in [0.717, 1.165) is 64.6 Å². The van der Waals surface area contributed by atoms with Gasteiger partial charge in [-0.3, -0.25) is 4.90 Å². The minimum absolute atomic E-state index is 0.201. The van der Waals surface area contributed by atoms with Crippen molar-refractivity contribution in [3.05, 3.63) is 29.8 Å². The second-order valence-corrected chi connectivity index (χ2v) is 9.10. The van der Waals surface area contributed by atoms with E-state index in [0.29, 0.717) is 5.92 Å². The van der Waals surface area contributed by atoms with E-state index in [1.807, 2.05) is 25.7 Å². The number of nitrogens with one attached hydrogen (secondary N) is 1. The van der Waals surface area contributed by atoms with Crippen LogP contribution in [0.1, 0.15) is 51.5 Å². The van der Waals surface area contributed by atoms with Gasteiger partial charge in [0.2, 0.25) is 0 Å². The van der Waals surface area contributed by atoms with Crippen molar-refractivity contribution in [2.24, 2.45) is 0 Å². The molecule has 162 valence electrons. The molecule has 0 bridgehead atoms. The van der Waals surface area contributed by atoms with Gasteiger partial charge in [-0.2, -0.15) is 0 Å². The molecule has 1 amide bonds. The summed E-state index contributed by atoms with van der Waals surface area (Å²) in [6.45, 7) is 12.9. The Morgan fingerprint density at radius 3 is 2.34 bits per heavy atom. The number of carbonyl (C=O) groups excluding carboxylic acids is 1. The first-order valence-corrected chi connectivity index (χ1v) is 11.0. The molecule has 1 aromatic carbocycles. The van der Waals surface area contributed by atoms with Crippen molar-refractivity contribution >= 4 is 6.09 Å². The number of ether oxygens (including phenoxy) is 2. The van der Waals surface area contributed by atoms with Crippen LogP contribution < -0.4 is 10.1 Å². The molecule has 0 saturated carbocycles. The Kier molecular flexibility index (Phi) is 7.78. The predicted molar refractivity (Wildman–Crippen MR) is 116 cm³/mol. The van der Waals surface area contributed by atoms with Crippen LogP contribution >= 0.6 is 0 Å². The molecule has 2 aliphatic heterocycles. The van der Waals surface area contributed by atoms with Crippen molar-refractivity contribution in [1.29, 1.82) is 0 Å². The number of rotatable bonds is 6. The number of nitrogens with zero attached hydrogens (tertiary/aromatic N) is 2. The number of carbonyl (C=O) groups is 1. The SMILES string of the molecule is CC(C)(C)OC(=O)N1CCN(CCCOc2ccc(C3CCNCC3)cc2)CC1. The fraction of sp³-hybridized carbons (Fsp3) is 0.696. The topological polar surface area (TPSA) is 54.0 Å². The van der Waals surface area contributed by atoms with E-state index in [2.05, 4.69) is 34.5 Å². The highest BCUT2D eigenvalue weighted by atomic mass is 16.6. The molecule has 29 heavy (non-hydrogen) atoms. The Hall–Kier alpha value is -1.79. The standard InChI is InChI=1S/C23H37N3O3/c1-23(2,3)29-22(27)26-16-14-25(15-17-26)13-4-18-28-21-7-5-19(6-8-21)20-9-11-24-12-10-20/h5-8,20,24H,4,9-18H2,1-3H3. The van der Waals surface area contributed by atoms with E-state index in [9.17, 15) is 4.79 Å². The smallest absolute Gasteiger partial charge is 0.410 e. The Balaban J connectivity index is 1.30. The van der Waals surface area contributed by atoms with Crippen molar-refractivity contribution in [2.75, 3.05) is 52.4 Å². The average Bonchev–Trinajstić information content (AvgIpc) is 2.71. The third-order valence-corrected chi connectivity index (χ3v) is 5.60. The lowest BCUT2D eigenvalue weighted by atomic mass is 9.90. The quantitative estimate of drug-likeness (QED) is 0.737. The summed E-state index contributed by atoms with van der Waals surface area (Å²) in [5.74, 6) is 1.64. The zero-order valence-electron chi connectivity index (χ0n) is 18.3. The zero-order chi connectivity index (χ0) is 20.7. The molecule has 2 saturated heterocycles. The van der Waals surface area contributed by atoms with Crippen LogP contribution in [0.2, 0.25) is 0 Å². The third kappa shape index (κ3) is 7.19. The van der Waals surface area contributed by atoms with Gasteiger partial charge in [0.25, 0.3) is 0 Å². The van der Waals surface area contributed by atoms with Crippen molar-refractivity contribution in [3.63, 3.8) is 0 Å². The third-order valence-electron chi connectivity index (χ3n) is 5.60. The van der Waals surface area contributed by atoms with Crippen molar-refractivity contribution in [3.8, 4) is 5.75 Å². The van der Waals surface area contributed by atoms with Crippen molar-refractivity contribution < 1.29 is 14.3 Å². The van der Waals surface area contributed by atoms with Gasteiger partial charge in [0, 0.05) is 32.7 Å². The van der Waals surface area contributed by atoms with Crippen LogP contribution in [0.4, 0.5) is 4.79 Å². The Morgan fingerprint density at radius 1 is 1.07 bits per heavy atom. The maximum Gasteiger partial charge on any atom is 0.410 e. The van der Waals surface area contributed by atoms with Gasteiger partial charge in [-0.1, -0.05) is 12.1 Å². The molecule has 2 heterocycles. The van der Waals surface area contributed by atoms with Gasteiger partial charge in [0.05, 0.1) is 6.61 Å². The molecule has 3 rings (SSSR count). The van der Waals surface area contributed by atoms with E-state index in [4.69, 9.17) is 9.47 Å². The second-order valence-electron chi connectivity index (χ2n) is 9.10. The number of amides is 1. The Bertz CT molecular complexity index is 628. The highest BCUT2D eigenvalue weighted by Crippen LogP contribution is 2.26. The van der Waals surface area contributed by atoms with Crippen molar-refractivity contribution in [1.82, 2.24) is 15.1 Å². The summed E-state index contributed by atoms with van der Waals surface area (Å²) in [5.41, 5.74) is 0.999. The maximum atomic E-state index is 12.1. The van der Waals surface area contributed by atoms with Gasteiger partial charge in [-0.15, -0.1) is 0 Å². The minimum Gasteiger partial charge on any atom is -0.494 e. The van der Waals surface area contributed by atoms with Gasteiger partial charge < -0.3 is 19.7 Å². The molecule has 2 fully saturated rings. The van der Waals surface area contributed by atoms with E-state index in [1.165, 1.54) is 18.4 Å². The Morgan fingerprint density at radius 2 is 1.72 bits per heavy atom. The van der Waals surface area contributed by atoms with Crippen LogP contribution in [0.15, 0.2) is 24.3 Å². The van der Waals surface area contributed by atoms with Crippen LogP contribution in [0.5, 0.6) is 5.75 Å². The number of benzene rings is 1. The Labute approximate surface area is 175 Å². The van der Waals surface area contributed by atoms with Gasteiger partial charge in [-0.05, 0) is 76.7 Å². The molecular formula is C23H37N3O3. The molecule has 6 nitrogen and oxygen atoms in total. The molecule has 6 heteroatoms. The molecule has 0 aromatic heterocycles. The molecule has 1 N–H and O–H groups in total. The summed E-state index contributed by atoms with van der Waals surface area (Å²) < 4.78 is 11.4. The lowest BCUT2D eigenvalue weighted by molar-refractivity contribution is 0.0142. The molecule has 0 atom stereocenters. The normalized spacial score (nSPS) is 19.2. The van der Waals surface area contributed by atoms with E-state index in [1.54, 1.807) is 0 Å². The van der Waals surface area contributed by atoms with Crippen LogP contribution in [0.3, 0.4) is 0 Å². The number of piperidine rings is 1. The highest BCUT2D eigenvalue weighted by Gasteiger charge is 2.25. The second kappa shape index (κ2) is 10.3. The summed E-state index contributed by atoms with van der Waals surface area (Å²) in [6.07, 6.45) is 3.24. The van der Waals surface area contributed by atoms with E-state index in [-0.39, 0.29) is 6.09 Å². The molecular weight excluding hydrogens is 366 g/mol. The first kappa shape index (κ1) is 21.9. The number of hydrogen-bond donors (Lipinski definition) is 1. The summed E-state index contributed by atoms with van der Waals surface area (Å²) in [4.78, 5) is 16.3. The van der Waals surface area contributed by atoms with Gasteiger partial charge in [-0.25, -0.2) is 4.79 Å². The summed E-state index contributed by atoms with van der Waals surface area (Å²) in [6, 6.07) is 8.66. The fourth-order valence-electron chi connectivity index (χ4n) is 3.95. The first-order chi connectivity index (χ1) is 13.9. The predicted octanol–water partition coefficient (Wildman–Crippen LogP) is 3.48. The lowest BCUT2D eigenvalue weighted by Crippen LogP contribution is -2.50. The van der Waals surface area contributed by atoms with Gasteiger partial charge in [0.1, 0.15) is 11.4 Å². The maximum absolute atomic E-state index is 12.1. The summed E-state index contributed by atoms with van der Waals surface area (Å²) >= 11 is 0. The summed E-state index contributed by atoms with van der Waals surface area (Å²) in [7, 11) is 0. The molecule has 1 aromatic rings. The first-order valence-electron chi connectivity index (χ1n) is 11.0. The van der Waals surface area contributed by atoms with Crippen molar-refractivity contribution in [2.45, 2.75) is 51.6 Å². The zero-order valence-corrected chi connectivity index (χ0v) is 18.3. The summed E-state index contributed by atoms with van der Waals surface area (Å²) in [5, 5.41) is 3.42. The van der Waals surface area contributed by atoms with Gasteiger partial charge >= 0.3 is 6.09 Å². The molecule has 0 unspecified atom stereocenters. The van der Waals surface area contributed by atoms with Gasteiger partial charge in [0.15, 0.2) is 0 Å². The number of hydrogen-bond acceptors (Lipinski definition) is 5. The molecule has 2 aliphatic rings. The van der Waals surface area contributed by atoms with E-state index >= 15 is 0 Å². The largest absolute Gasteiger partial charge is 0.494 e. The van der Waals surface area contributed by atoms with Crippen LogP contribution in [-0.4, -0.2) is 73.9 Å².